The van der Waals surface area contributed by atoms with Crippen LogP contribution in [0.2, 0.25) is 0 Å². The number of alkyl halides is 3. The van der Waals surface area contributed by atoms with Crippen molar-refractivity contribution in [3.63, 3.8) is 0 Å². The van der Waals surface area contributed by atoms with Gasteiger partial charge in [0.25, 0.3) is 0 Å². The van der Waals surface area contributed by atoms with Crippen LogP contribution in [0, 0.1) is 0 Å². The Bertz CT molecular complexity index is 349. The minimum absolute atomic E-state index is 0.398. The normalized spacial score (nSPS) is 14.4. The van der Waals surface area contributed by atoms with Crippen LogP contribution in [0.1, 0.15) is 13.3 Å². The van der Waals surface area contributed by atoms with Crippen LogP contribution in [0.4, 0.5) is 13.2 Å². The summed E-state index contributed by atoms with van der Waals surface area (Å²) in [5.41, 5.74) is 0. The lowest BCUT2D eigenvalue weighted by molar-refractivity contribution is -0.322. The molecule has 5 nitrogen and oxygen atoms in total. The van der Waals surface area contributed by atoms with Gasteiger partial charge in [-0.1, -0.05) is 0 Å². The molecule has 0 bridgehead atoms. The first-order valence-corrected chi connectivity index (χ1v) is 6.29. The quantitative estimate of drug-likeness (QED) is 0.675. The Labute approximate surface area is 96.8 Å². The van der Waals surface area contributed by atoms with Crippen LogP contribution in [0.15, 0.2) is 0 Å². The lowest BCUT2D eigenvalue weighted by Crippen LogP contribution is -2.28. The first kappa shape index (κ1) is 16.2. The molecule has 102 valence electrons. The van der Waals surface area contributed by atoms with E-state index in [2.05, 4.69) is 9.47 Å². The summed E-state index contributed by atoms with van der Waals surface area (Å²) < 4.78 is 65.3. The van der Waals surface area contributed by atoms with E-state index >= 15 is 0 Å². The molecule has 0 aliphatic carbocycles. The highest BCUT2D eigenvalue weighted by Gasteiger charge is 2.31. The van der Waals surface area contributed by atoms with Gasteiger partial charge in [0.05, 0.1) is 31.1 Å². The molecule has 1 atom stereocenters. The van der Waals surface area contributed by atoms with Gasteiger partial charge in [-0.2, -0.15) is 0 Å². The number of hydrogen-bond donors (Lipinski definition) is 0. The Kier molecular flexibility index (Phi) is 5.89. The lowest BCUT2D eigenvalue weighted by Gasteiger charge is -2.12. The Morgan fingerprint density at radius 1 is 1.35 bits per heavy atom. The van der Waals surface area contributed by atoms with Gasteiger partial charge in [-0.05, 0) is 6.92 Å². The Morgan fingerprint density at radius 2 is 1.88 bits per heavy atom. The van der Waals surface area contributed by atoms with E-state index < -0.39 is 46.2 Å². The molecule has 0 aromatic rings. The van der Waals surface area contributed by atoms with Gasteiger partial charge in [-0.25, -0.2) is 8.42 Å². The summed E-state index contributed by atoms with van der Waals surface area (Å²) in [5, 5.41) is -1.10. The summed E-state index contributed by atoms with van der Waals surface area (Å²) in [6, 6.07) is 0. The number of sulfone groups is 1. The monoisotopic (exact) mass is 278 g/mol. The second-order valence-electron chi connectivity index (χ2n) is 3.25. The van der Waals surface area contributed by atoms with Crippen LogP contribution >= 0.6 is 0 Å². The summed E-state index contributed by atoms with van der Waals surface area (Å²) in [5.74, 6) is -1.54. The van der Waals surface area contributed by atoms with Gasteiger partial charge in [-0.3, -0.25) is 9.53 Å². The molecule has 0 aliphatic rings. The van der Waals surface area contributed by atoms with Gasteiger partial charge in [0.2, 0.25) is 0 Å². The average molecular weight is 278 g/mol. The standard InChI is InChI=1S/C8H13F3O5S/c1-6(5-7(12)15-2)17(13,14)4-3-16-8(9,10)11/h6H,3-5H2,1-2H3. The molecule has 17 heavy (non-hydrogen) atoms. The fourth-order valence-electron chi connectivity index (χ4n) is 0.920. The van der Waals surface area contributed by atoms with Gasteiger partial charge < -0.3 is 4.74 Å². The third kappa shape index (κ3) is 7.16. The number of carbonyl (C=O) groups excluding carboxylic acids is 1. The van der Waals surface area contributed by atoms with Crippen molar-refractivity contribution in [3.8, 4) is 0 Å². The SMILES string of the molecule is COC(=O)CC(C)S(=O)(=O)CCOC(F)(F)F. The van der Waals surface area contributed by atoms with E-state index in [9.17, 15) is 26.4 Å². The molecule has 0 fully saturated rings. The number of carbonyl (C=O) groups is 1. The molecule has 0 amide bonds. The molecule has 1 unspecified atom stereocenters. The molecule has 0 rings (SSSR count). The van der Waals surface area contributed by atoms with Crippen molar-refractivity contribution < 1.29 is 35.9 Å². The van der Waals surface area contributed by atoms with E-state index in [1.807, 2.05) is 0 Å². The van der Waals surface area contributed by atoms with Crippen molar-refractivity contribution in [1.82, 2.24) is 0 Å². The van der Waals surface area contributed by atoms with Crippen molar-refractivity contribution in [2.45, 2.75) is 25.0 Å². The zero-order valence-corrected chi connectivity index (χ0v) is 10.1. The lowest BCUT2D eigenvalue weighted by atomic mass is 10.3. The van der Waals surface area contributed by atoms with Crippen molar-refractivity contribution >= 4 is 15.8 Å². The van der Waals surface area contributed by atoms with Crippen LogP contribution in [0.5, 0.6) is 0 Å². The molecule has 0 N–H and O–H groups in total. The molecule has 9 heteroatoms. The topological polar surface area (TPSA) is 69.7 Å². The Balaban J connectivity index is 4.24. The van der Waals surface area contributed by atoms with Crippen molar-refractivity contribution in [3.05, 3.63) is 0 Å². The highest BCUT2D eigenvalue weighted by atomic mass is 32.2. The molecular weight excluding hydrogens is 265 g/mol. The van der Waals surface area contributed by atoms with E-state index in [4.69, 9.17) is 0 Å². The van der Waals surface area contributed by atoms with Gasteiger partial charge in [0.1, 0.15) is 0 Å². The molecule has 0 spiro atoms. The third-order valence-electron chi connectivity index (χ3n) is 1.93. The summed E-state index contributed by atoms with van der Waals surface area (Å²) in [6.07, 6.45) is -5.26. The highest BCUT2D eigenvalue weighted by Crippen LogP contribution is 2.16. The largest absolute Gasteiger partial charge is 0.522 e. The minimum atomic E-state index is -4.86. The first-order chi connectivity index (χ1) is 7.58. The maximum atomic E-state index is 11.6. The second-order valence-corrected chi connectivity index (χ2v) is 5.79. The highest BCUT2D eigenvalue weighted by molar-refractivity contribution is 7.92. The van der Waals surface area contributed by atoms with E-state index in [-0.39, 0.29) is 0 Å². The molecular formula is C8H13F3O5S. The zero-order chi connectivity index (χ0) is 13.7. The van der Waals surface area contributed by atoms with Gasteiger partial charge in [-0.15, -0.1) is 13.2 Å². The molecule has 0 heterocycles. The van der Waals surface area contributed by atoms with Crippen LogP contribution < -0.4 is 0 Å². The summed E-state index contributed by atoms with van der Waals surface area (Å²) in [7, 11) is -2.72. The van der Waals surface area contributed by atoms with E-state index in [1.165, 1.54) is 6.92 Å². The second kappa shape index (κ2) is 6.20. The van der Waals surface area contributed by atoms with Crippen molar-refractivity contribution in [2.75, 3.05) is 19.5 Å². The predicted octanol–water partition coefficient (Wildman–Crippen LogP) is 0.889. The smallest absolute Gasteiger partial charge is 0.469 e. The molecule has 0 aliphatic heterocycles. The van der Waals surface area contributed by atoms with Crippen molar-refractivity contribution in [2.24, 2.45) is 0 Å². The molecule has 0 radical (unpaired) electrons. The number of rotatable bonds is 6. The minimum Gasteiger partial charge on any atom is -0.469 e. The molecule has 0 aromatic carbocycles. The molecule has 0 saturated carbocycles. The van der Waals surface area contributed by atoms with Gasteiger partial charge in [0, 0.05) is 0 Å². The summed E-state index contributed by atoms with van der Waals surface area (Å²) >= 11 is 0. The fourth-order valence-corrected chi connectivity index (χ4v) is 2.03. The Hall–Kier alpha value is -0.830. The van der Waals surface area contributed by atoms with E-state index in [0.29, 0.717) is 0 Å². The number of halogens is 3. The van der Waals surface area contributed by atoms with Crippen LogP contribution in [-0.2, 0) is 24.1 Å². The van der Waals surface area contributed by atoms with Crippen LogP contribution in [0.3, 0.4) is 0 Å². The van der Waals surface area contributed by atoms with Gasteiger partial charge >= 0.3 is 12.3 Å². The molecule has 0 saturated heterocycles. The first-order valence-electron chi connectivity index (χ1n) is 4.57. The molecule has 0 aromatic heterocycles. The number of esters is 1. The maximum Gasteiger partial charge on any atom is 0.522 e. The Morgan fingerprint density at radius 3 is 2.29 bits per heavy atom. The fraction of sp³-hybridized carbons (Fsp3) is 0.875. The number of ether oxygens (including phenoxy) is 2. The zero-order valence-electron chi connectivity index (χ0n) is 9.28. The van der Waals surface area contributed by atoms with Gasteiger partial charge in [0.15, 0.2) is 9.84 Å². The summed E-state index contributed by atoms with van der Waals surface area (Å²) in [6.45, 7) is 0.233. The third-order valence-corrected chi connectivity index (χ3v) is 4.06. The van der Waals surface area contributed by atoms with Crippen LogP contribution in [0.25, 0.3) is 0 Å². The van der Waals surface area contributed by atoms with E-state index in [1.54, 1.807) is 0 Å². The average Bonchev–Trinajstić information content (AvgIpc) is 2.14. The summed E-state index contributed by atoms with van der Waals surface area (Å²) in [4.78, 5) is 10.8. The van der Waals surface area contributed by atoms with Crippen LogP contribution in [-0.4, -0.2) is 45.5 Å². The number of hydrogen-bond acceptors (Lipinski definition) is 5. The number of methoxy groups -OCH3 is 1. The van der Waals surface area contributed by atoms with Crippen molar-refractivity contribution in [1.29, 1.82) is 0 Å². The van der Waals surface area contributed by atoms with E-state index in [0.717, 1.165) is 7.11 Å². The maximum absolute atomic E-state index is 11.6. The predicted molar refractivity (Wildman–Crippen MR) is 51.9 cm³/mol.